The lowest BCUT2D eigenvalue weighted by Crippen LogP contribution is -2.50. The van der Waals surface area contributed by atoms with Crippen molar-refractivity contribution in [3.63, 3.8) is 0 Å². The molecule has 0 radical (unpaired) electrons. The fraction of sp³-hybridized carbons (Fsp3) is 0.571. The van der Waals surface area contributed by atoms with Gasteiger partial charge in [0.1, 0.15) is 5.82 Å². The fourth-order valence-corrected chi connectivity index (χ4v) is 2.22. The van der Waals surface area contributed by atoms with Crippen LogP contribution in [0.5, 0.6) is 0 Å². The van der Waals surface area contributed by atoms with Gasteiger partial charge in [-0.15, -0.1) is 0 Å². The van der Waals surface area contributed by atoms with Crippen LogP contribution in [-0.4, -0.2) is 28.1 Å². The Labute approximate surface area is 112 Å². The van der Waals surface area contributed by atoms with Crippen molar-refractivity contribution in [2.45, 2.75) is 38.1 Å². The lowest BCUT2D eigenvalue weighted by Gasteiger charge is -2.28. The van der Waals surface area contributed by atoms with Gasteiger partial charge < -0.3 is 10.4 Å². The second-order valence-electron chi connectivity index (χ2n) is 5.41. The molecule has 1 aliphatic carbocycles. The number of pyridine rings is 1. The van der Waals surface area contributed by atoms with Crippen LogP contribution in [0.2, 0.25) is 0 Å². The number of nitrogens with one attached hydrogen (secondary N) is 1. The van der Waals surface area contributed by atoms with Crippen LogP contribution in [0.3, 0.4) is 0 Å². The molecule has 1 aliphatic rings. The van der Waals surface area contributed by atoms with Crippen LogP contribution in [-0.2, 0) is 11.2 Å². The SMILES string of the molecule is CC(CO)(NC(=O)CCc1cncc(F)c1)C1CC1. The highest BCUT2D eigenvalue weighted by Crippen LogP contribution is 2.39. The molecule has 2 rings (SSSR count). The Morgan fingerprint density at radius 1 is 1.58 bits per heavy atom. The minimum atomic E-state index is -0.517. The first kappa shape index (κ1) is 13.9. The quantitative estimate of drug-likeness (QED) is 0.818. The van der Waals surface area contributed by atoms with E-state index in [0.29, 0.717) is 17.9 Å². The third kappa shape index (κ3) is 3.73. The highest BCUT2D eigenvalue weighted by atomic mass is 19.1. The van der Waals surface area contributed by atoms with Crippen LogP contribution >= 0.6 is 0 Å². The molecular weight excluding hydrogens is 247 g/mol. The van der Waals surface area contributed by atoms with E-state index in [4.69, 9.17) is 0 Å². The lowest BCUT2D eigenvalue weighted by molar-refractivity contribution is -0.123. The Bertz CT molecular complexity index is 463. The molecule has 1 saturated carbocycles. The van der Waals surface area contributed by atoms with E-state index in [9.17, 15) is 14.3 Å². The number of carbonyl (C=O) groups is 1. The van der Waals surface area contributed by atoms with Crippen LogP contribution in [0, 0.1) is 11.7 Å². The molecule has 1 heterocycles. The third-order valence-electron chi connectivity index (χ3n) is 3.63. The molecule has 1 unspecified atom stereocenters. The van der Waals surface area contributed by atoms with Gasteiger partial charge in [-0.1, -0.05) is 0 Å². The first-order valence-electron chi connectivity index (χ1n) is 6.55. The fourth-order valence-electron chi connectivity index (χ4n) is 2.22. The van der Waals surface area contributed by atoms with E-state index in [0.717, 1.165) is 19.0 Å². The van der Waals surface area contributed by atoms with Gasteiger partial charge in [0.05, 0.1) is 18.3 Å². The second-order valence-corrected chi connectivity index (χ2v) is 5.41. The molecule has 19 heavy (non-hydrogen) atoms. The largest absolute Gasteiger partial charge is 0.394 e. The summed E-state index contributed by atoms with van der Waals surface area (Å²) in [5.74, 6) is -0.138. The molecule has 0 bridgehead atoms. The predicted octanol–water partition coefficient (Wildman–Crippen LogP) is 1.43. The molecule has 1 aromatic rings. The summed E-state index contributed by atoms with van der Waals surface area (Å²) in [6.45, 7) is 1.82. The predicted molar refractivity (Wildman–Crippen MR) is 68.9 cm³/mol. The van der Waals surface area contributed by atoms with Crippen molar-refractivity contribution >= 4 is 5.91 Å². The van der Waals surface area contributed by atoms with Crippen LogP contribution in [0.25, 0.3) is 0 Å². The molecule has 4 nitrogen and oxygen atoms in total. The van der Waals surface area contributed by atoms with E-state index in [1.165, 1.54) is 6.07 Å². The minimum absolute atomic E-state index is 0.0507. The van der Waals surface area contributed by atoms with Crippen molar-refractivity contribution in [1.82, 2.24) is 10.3 Å². The number of aliphatic hydroxyl groups is 1. The molecule has 5 heteroatoms. The molecule has 1 amide bonds. The first-order chi connectivity index (χ1) is 9.03. The van der Waals surface area contributed by atoms with E-state index in [1.807, 2.05) is 6.92 Å². The molecule has 1 aromatic heterocycles. The zero-order valence-corrected chi connectivity index (χ0v) is 11.0. The van der Waals surface area contributed by atoms with Gasteiger partial charge in [-0.3, -0.25) is 9.78 Å². The van der Waals surface area contributed by atoms with Crippen molar-refractivity contribution in [1.29, 1.82) is 0 Å². The molecule has 104 valence electrons. The molecule has 2 N–H and O–H groups in total. The average Bonchev–Trinajstić information content (AvgIpc) is 3.21. The van der Waals surface area contributed by atoms with Crippen molar-refractivity contribution in [3.8, 4) is 0 Å². The van der Waals surface area contributed by atoms with Gasteiger partial charge in [-0.2, -0.15) is 0 Å². The number of nitrogens with zero attached hydrogens (tertiary/aromatic N) is 1. The Balaban J connectivity index is 1.84. The van der Waals surface area contributed by atoms with E-state index >= 15 is 0 Å². The van der Waals surface area contributed by atoms with E-state index < -0.39 is 11.4 Å². The summed E-state index contributed by atoms with van der Waals surface area (Å²) in [4.78, 5) is 15.6. The van der Waals surface area contributed by atoms with Gasteiger partial charge in [0, 0.05) is 12.6 Å². The number of aliphatic hydroxyl groups excluding tert-OH is 1. The van der Waals surface area contributed by atoms with E-state index in [2.05, 4.69) is 10.3 Å². The van der Waals surface area contributed by atoms with Gasteiger partial charge >= 0.3 is 0 Å². The topological polar surface area (TPSA) is 62.2 Å². The zero-order valence-electron chi connectivity index (χ0n) is 11.0. The Morgan fingerprint density at radius 2 is 2.32 bits per heavy atom. The smallest absolute Gasteiger partial charge is 0.220 e. The van der Waals surface area contributed by atoms with Crippen LogP contribution in [0.1, 0.15) is 31.7 Å². The summed E-state index contributed by atoms with van der Waals surface area (Å²) in [6.07, 6.45) is 5.51. The summed E-state index contributed by atoms with van der Waals surface area (Å²) >= 11 is 0. The molecule has 1 fully saturated rings. The average molecular weight is 266 g/mol. The van der Waals surface area contributed by atoms with Crippen molar-refractivity contribution < 1.29 is 14.3 Å². The maximum absolute atomic E-state index is 12.9. The maximum atomic E-state index is 12.9. The number of carbonyl (C=O) groups excluding carboxylic acids is 1. The Hall–Kier alpha value is -1.49. The van der Waals surface area contributed by atoms with E-state index in [-0.39, 0.29) is 18.9 Å². The monoisotopic (exact) mass is 266 g/mol. The Morgan fingerprint density at radius 3 is 2.89 bits per heavy atom. The number of hydrogen-bond donors (Lipinski definition) is 2. The minimum Gasteiger partial charge on any atom is -0.394 e. The number of rotatable bonds is 6. The standard InChI is InChI=1S/C14H19FN2O2/c1-14(9-18,11-3-4-11)17-13(19)5-2-10-6-12(15)8-16-7-10/h6-8,11,18H,2-5,9H2,1H3,(H,17,19). The molecular formula is C14H19FN2O2. The summed E-state index contributed by atoms with van der Waals surface area (Å²) < 4.78 is 12.9. The van der Waals surface area contributed by atoms with Crippen LogP contribution in [0.15, 0.2) is 18.5 Å². The summed E-state index contributed by atoms with van der Waals surface area (Å²) in [6, 6.07) is 1.38. The number of amides is 1. The zero-order chi connectivity index (χ0) is 13.9. The van der Waals surface area contributed by atoms with Crippen molar-refractivity contribution in [2.75, 3.05) is 6.61 Å². The van der Waals surface area contributed by atoms with Gasteiger partial charge in [0.25, 0.3) is 0 Å². The Kier molecular flexibility index (Phi) is 4.14. The highest BCUT2D eigenvalue weighted by molar-refractivity contribution is 5.77. The first-order valence-corrected chi connectivity index (χ1v) is 6.55. The van der Waals surface area contributed by atoms with Crippen LogP contribution < -0.4 is 5.32 Å². The van der Waals surface area contributed by atoms with E-state index in [1.54, 1.807) is 6.20 Å². The van der Waals surface area contributed by atoms with Gasteiger partial charge in [-0.05, 0) is 43.7 Å². The maximum Gasteiger partial charge on any atom is 0.220 e. The molecule has 0 saturated heterocycles. The molecule has 1 atom stereocenters. The summed E-state index contributed by atoms with van der Waals surface area (Å²) in [5, 5.41) is 12.3. The highest BCUT2D eigenvalue weighted by Gasteiger charge is 2.41. The molecule has 0 aliphatic heterocycles. The van der Waals surface area contributed by atoms with Gasteiger partial charge in [0.15, 0.2) is 0 Å². The molecule has 0 spiro atoms. The number of aryl methyl sites for hydroxylation is 1. The third-order valence-corrected chi connectivity index (χ3v) is 3.63. The molecule has 0 aromatic carbocycles. The van der Waals surface area contributed by atoms with Crippen LogP contribution in [0.4, 0.5) is 4.39 Å². The summed E-state index contributed by atoms with van der Waals surface area (Å²) in [5.41, 5.74) is 0.185. The van der Waals surface area contributed by atoms with Gasteiger partial charge in [0.2, 0.25) is 5.91 Å². The van der Waals surface area contributed by atoms with Crippen molar-refractivity contribution in [2.24, 2.45) is 5.92 Å². The number of aromatic nitrogens is 1. The van der Waals surface area contributed by atoms with Gasteiger partial charge in [-0.25, -0.2) is 4.39 Å². The summed E-state index contributed by atoms with van der Waals surface area (Å²) in [7, 11) is 0. The lowest BCUT2D eigenvalue weighted by atomic mass is 9.96. The van der Waals surface area contributed by atoms with Crippen molar-refractivity contribution in [3.05, 3.63) is 29.8 Å². The number of halogens is 1. The normalized spacial score (nSPS) is 17.8. The number of hydrogen-bond acceptors (Lipinski definition) is 3. The second kappa shape index (κ2) is 5.65.